The molecule has 1 fully saturated rings. The van der Waals surface area contributed by atoms with Crippen LogP contribution in [0.1, 0.15) is 58.1 Å². The van der Waals surface area contributed by atoms with Crippen molar-refractivity contribution < 1.29 is 9.53 Å². The van der Waals surface area contributed by atoms with Gasteiger partial charge < -0.3 is 15.4 Å². The lowest BCUT2D eigenvalue weighted by atomic mass is 9.90. The van der Waals surface area contributed by atoms with Gasteiger partial charge in [-0.2, -0.15) is 0 Å². The van der Waals surface area contributed by atoms with Crippen LogP contribution in [-0.4, -0.2) is 29.5 Å². The second-order valence-corrected chi connectivity index (χ2v) is 8.82. The number of thioether (sulfide) groups is 1. The molecule has 132 valence electrons. The Balaban J connectivity index is 1.44. The highest BCUT2D eigenvalue weighted by Gasteiger charge is 2.29. The van der Waals surface area contributed by atoms with Crippen molar-refractivity contribution in [3.63, 3.8) is 0 Å². The standard InChI is InChI=1S/C19H28N2O2S/c1-19(2,3)23-18(22)21-14-10-8-13(9-11-14)20-16-12-24-17-7-5-4-6-15(16)17/h4-7,13-14,16,20H,8-12H2,1-3H3,(H,21,22). The minimum Gasteiger partial charge on any atom is -0.444 e. The van der Waals surface area contributed by atoms with E-state index in [1.54, 1.807) is 0 Å². The van der Waals surface area contributed by atoms with Crippen LogP contribution in [0.3, 0.4) is 0 Å². The lowest BCUT2D eigenvalue weighted by molar-refractivity contribution is 0.0489. The maximum absolute atomic E-state index is 11.9. The highest BCUT2D eigenvalue weighted by Crippen LogP contribution is 2.38. The fourth-order valence-corrected chi connectivity index (χ4v) is 4.64. The zero-order valence-electron chi connectivity index (χ0n) is 14.8. The van der Waals surface area contributed by atoms with Gasteiger partial charge in [-0.05, 0) is 58.1 Å². The molecule has 1 aromatic carbocycles. The molecule has 3 rings (SSSR count). The average Bonchev–Trinajstić information content (AvgIpc) is 2.91. The Bertz CT molecular complexity index is 577. The highest BCUT2D eigenvalue weighted by atomic mass is 32.2. The molecule has 0 spiro atoms. The number of alkyl carbamates (subject to hydrolysis) is 1. The van der Waals surface area contributed by atoms with Crippen molar-refractivity contribution in [2.45, 2.75) is 75.1 Å². The summed E-state index contributed by atoms with van der Waals surface area (Å²) in [7, 11) is 0. The fourth-order valence-electron chi connectivity index (χ4n) is 3.46. The molecule has 1 heterocycles. The molecule has 24 heavy (non-hydrogen) atoms. The molecule has 2 aliphatic rings. The van der Waals surface area contributed by atoms with Crippen LogP contribution < -0.4 is 10.6 Å². The zero-order chi connectivity index (χ0) is 17.2. The first-order valence-electron chi connectivity index (χ1n) is 8.88. The molecule has 0 saturated heterocycles. The van der Waals surface area contributed by atoms with Crippen molar-refractivity contribution >= 4 is 17.9 Å². The van der Waals surface area contributed by atoms with E-state index >= 15 is 0 Å². The molecule has 1 aliphatic heterocycles. The SMILES string of the molecule is CC(C)(C)OC(=O)NC1CCC(NC2CSc3ccccc32)CC1. The number of benzene rings is 1. The average molecular weight is 349 g/mol. The molecule has 1 aliphatic carbocycles. The molecular formula is C19H28N2O2S. The minimum atomic E-state index is -0.434. The van der Waals surface area contributed by atoms with Gasteiger partial charge in [0, 0.05) is 28.8 Å². The predicted octanol–water partition coefficient (Wildman–Crippen LogP) is 4.26. The number of fused-ring (bicyclic) bond motifs is 1. The Morgan fingerprint density at radius 2 is 1.79 bits per heavy atom. The first kappa shape index (κ1) is 17.6. The van der Waals surface area contributed by atoms with E-state index in [1.165, 1.54) is 10.5 Å². The van der Waals surface area contributed by atoms with Crippen LogP contribution >= 0.6 is 11.8 Å². The van der Waals surface area contributed by atoms with Gasteiger partial charge in [0.25, 0.3) is 0 Å². The molecule has 1 saturated carbocycles. The summed E-state index contributed by atoms with van der Waals surface area (Å²) in [6.07, 6.45) is 3.93. The van der Waals surface area contributed by atoms with Crippen LogP contribution in [0.2, 0.25) is 0 Å². The van der Waals surface area contributed by atoms with Crippen LogP contribution in [-0.2, 0) is 4.74 Å². The van der Waals surface area contributed by atoms with E-state index in [0.717, 1.165) is 31.4 Å². The van der Waals surface area contributed by atoms with E-state index in [1.807, 2.05) is 32.5 Å². The molecule has 0 radical (unpaired) electrons. The number of hydrogen-bond acceptors (Lipinski definition) is 4. The second kappa shape index (κ2) is 7.36. The maximum atomic E-state index is 11.9. The first-order chi connectivity index (χ1) is 11.4. The fraction of sp³-hybridized carbons (Fsp3) is 0.632. The topological polar surface area (TPSA) is 50.4 Å². The summed E-state index contributed by atoms with van der Waals surface area (Å²) in [5, 5.41) is 6.83. The van der Waals surface area contributed by atoms with Gasteiger partial charge in [-0.15, -0.1) is 11.8 Å². The number of rotatable bonds is 3. The smallest absolute Gasteiger partial charge is 0.407 e. The summed E-state index contributed by atoms with van der Waals surface area (Å²) in [5.74, 6) is 1.12. The summed E-state index contributed by atoms with van der Waals surface area (Å²) in [4.78, 5) is 13.3. The van der Waals surface area contributed by atoms with Gasteiger partial charge in [0.2, 0.25) is 0 Å². The Kier molecular flexibility index (Phi) is 5.40. The Morgan fingerprint density at radius 1 is 1.12 bits per heavy atom. The molecule has 4 nitrogen and oxygen atoms in total. The zero-order valence-corrected chi connectivity index (χ0v) is 15.6. The molecule has 0 bridgehead atoms. The molecule has 2 N–H and O–H groups in total. The Hall–Kier alpha value is -1.20. The van der Waals surface area contributed by atoms with Gasteiger partial charge in [0.05, 0.1) is 0 Å². The quantitative estimate of drug-likeness (QED) is 0.857. The molecular weight excluding hydrogens is 320 g/mol. The van der Waals surface area contributed by atoms with E-state index in [0.29, 0.717) is 12.1 Å². The third kappa shape index (κ3) is 4.67. The molecule has 1 aromatic rings. The van der Waals surface area contributed by atoms with Gasteiger partial charge in [-0.1, -0.05) is 18.2 Å². The van der Waals surface area contributed by atoms with E-state index in [-0.39, 0.29) is 12.1 Å². The van der Waals surface area contributed by atoms with Gasteiger partial charge >= 0.3 is 6.09 Å². The first-order valence-corrected chi connectivity index (χ1v) is 9.86. The van der Waals surface area contributed by atoms with Crippen molar-refractivity contribution in [1.82, 2.24) is 10.6 Å². The van der Waals surface area contributed by atoms with Crippen LogP contribution in [0.25, 0.3) is 0 Å². The van der Waals surface area contributed by atoms with Gasteiger partial charge in [-0.3, -0.25) is 0 Å². The van der Waals surface area contributed by atoms with Crippen LogP contribution in [0.15, 0.2) is 29.2 Å². The van der Waals surface area contributed by atoms with Crippen LogP contribution in [0.4, 0.5) is 4.79 Å². The summed E-state index contributed by atoms with van der Waals surface area (Å²) in [5.41, 5.74) is 1.01. The Labute approximate surface area is 149 Å². The summed E-state index contributed by atoms with van der Waals surface area (Å²) >= 11 is 1.94. The number of carbonyl (C=O) groups is 1. The molecule has 1 atom stereocenters. The van der Waals surface area contributed by atoms with Gasteiger partial charge in [0.1, 0.15) is 5.60 Å². The van der Waals surface area contributed by atoms with E-state index in [9.17, 15) is 4.79 Å². The summed E-state index contributed by atoms with van der Waals surface area (Å²) in [6, 6.07) is 9.93. The molecule has 5 heteroatoms. The third-order valence-electron chi connectivity index (χ3n) is 4.58. The lowest BCUT2D eigenvalue weighted by Gasteiger charge is -2.32. The number of hydrogen-bond donors (Lipinski definition) is 2. The van der Waals surface area contributed by atoms with E-state index in [4.69, 9.17) is 4.74 Å². The number of amides is 1. The van der Waals surface area contributed by atoms with Crippen LogP contribution in [0, 0.1) is 0 Å². The molecule has 0 aromatic heterocycles. The highest BCUT2D eigenvalue weighted by molar-refractivity contribution is 7.99. The maximum Gasteiger partial charge on any atom is 0.407 e. The molecule has 1 unspecified atom stereocenters. The largest absolute Gasteiger partial charge is 0.444 e. The minimum absolute atomic E-state index is 0.239. The van der Waals surface area contributed by atoms with Gasteiger partial charge in [0.15, 0.2) is 0 Å². The lowest BCUT2D eigenvalue weighted by Crippen LogP contribution is -2.44. The summed E-state index contributed by atoms with van der Waals surface area (Å²) < 4.78 is 5.35. The van der Waals surface area contributed by atoms with Crippen molar-refractivity contribution in [3.05, 3.63) is 29.8 Å². The van der Waals surface area contributed by atoms with Crippen molar-refractivity contribution in [2.24, 2.45) is 0 Å². The Morgan fingerprint density at radius 3 is 2.50 bits per heavy atom. The van der Waals surface area contributed by atoms with Crippen LogP contribution in [0.5, 0.6) is 0 Å². The normalized spacial score (nSPS) is 26.7. The third-order valence-corrected chi connectivity index (χ3v) is 5.77. The van der Waals surface area contributed by atoms with E-state index < -0.39 is 5.60 Å². The van der Waals surface area contributed by atoms with Crippen molar-refractivity contribution in [1.29, 1.82) is 0 Å². The second-order valence-electron chi connectivity index (χ2n) is 7.76. The van der Waals surface area contributed by atoms with Crippen molar-refractivity contribution in [2.75, 3.05) is 5.75 Å². The predicted molar refractivity (Wildman–Crippen MR) is 98.5 cm³/mol. The molecule has 1 amide bonds. The number of ether oxygens (including phenoxy) is 1. The number of carbonyl (C=O) groups excluding carboxylic acids is 1. The van der Waals surface area contributed by atoms with Crippen molar-refractivity contribution in [3.8, 4) is 0 Å². The number of nitrogens with one attached hydrogen (secondary N) is 2. The monoisotopic (exact) mass is 348 g/mol. The van der Waals surface area contributed by atoms with Gasteiger partial charge in [-0.25, -0.2) is 4.79 Å². The van der Waals surface area contributed by atoms with E-state index in [2.05, 4.69) is 34.9 Å². The summed E-state index contributed by atoms with van der Waals surface area (Å²) in [6.45, 7) is 5.68.